The molecule has 6 rings (SSSR count). The summed E-state index contributed by atoms with van der Waals surface area (Å²) in [6.07, 6.45) is 0.853. The highest BCUT2D eigenvalue weighted by molar-refractivity contribution is 6.30. The maximum absolute atomic E-state index is 15.3. The van der Waals surface area contributed by atoms with Crippen LogP contribution in [0.2, 0.25) is 5.02 Å². The Bertz CT molecular complexity index is 1790. The van der Waals surface area contributed by atoms with Crippen molar-refractivity contribution in [3.63, 3.8) is 0 Å². The van der Waals surface area contributed by atoms with Gasteiger partial charge in [-0.2, -0.15) is 4.98 Å². The van der Waals surface area contributed by atoms with Gasteiger partial charge in [0.15, 0.2) is 0 Å². The van der Waals surface area contributed by atoms with Crippen LogP contribution in [0, 0.1) is 11.6 Å². The number of fused-ring (bicyclic) bond motifs is 1. The lowest BCUT2D eigenvalue weighted by Gasteiger charge is -2.27. The highest BCUT2D eigenvalue weighted by atomic mass is 35.5. The molecule has 1 aliphatic heterocycles. The Hall–Kier alpha value is -4.54. The molecular formula is C31H24ClF2N3O5. The van der Waals surface area contributed by atoms with Crippen LogP contribution in [0.15, 0.2) is 72.8 Å². The molecule has 0 aliphatic carbocycles. The molecule has 3 aromatic carbocycles. The third-order valence-electron chi connectivity index (χ3n) is 6.85. The Kier molecular flexibility index (Phi) is 7.73. The minimum absolute atomic E-state index is 0.0256. The lowest BCUT2D eigenvalue weighted by atomic mass is 10.1. The van der Waals surface area contributed by atoms with E-state index < -0.39 is 17.6 Å². The third kappa shape index (κ3) is 5.77. The summed E-state index contributed by atoms with van der Waals surface area (Å²) in [5, 5.41) is 0.289. The summed E-state index contributed by atoms with van der Waals surface area (Å²) in [5.41, 5.74) is 2.52. The first-order valence-electron chi connectivity index (χ1n) is 13.1. The lowest BCUT2D eigenvalue weighted by molar-refractivity contribution is -0.0593. The van der Waals surface area contributed by atoms with Crippen molar-refractivity contribution in [2.45, 2.75) is 25.7 Å². The second-order valence-corrected chi connectivity index (χ2v) is 10.0. The summed E-state index contributed by atoms with van der Waals surface area (Å²) >= 11 is 5.81. The summed E-state index contributed by atoms with van der Waals surface area (Å²) in [6, 6.07) is 18.9. The molecule has 1 aliphatic rings. The first kappa shape index (κ1) is 27.6. The van der Waals surface area contributed by atoms with Crippen LogP contribution in [-0.4, -0.2) is 40.3 Å². The monoisotopic (exact) mass is 591 g/mol. The zero-order valence-corrected chi connectivity index (χ0v) is 23.1. The van der Waals surface area contributed by atoms with Crippen LogP contribution in [0.4, 0.5) is 8.78 Å². The molecule has 42 heavy (non-hydrogen) atoms. The fraction of sp³-hybridized carbons (Fsp3) is 0.194. The molecule has 3 heterocycles. The molecule has 214 valence electrons. The quantitative estimate of drug-likeness (QED) is 0.171. The Balaban J connectivity index is 1.24. The van der Waals surface area contributed by atoms with Crippen molar-refractivity contribution in [3.8, 4) is 28.9 Å². The van der Waals surface area contributed by atoms with Crippen LogP contribution in [0.3, 0.4) is 0 Å². The fourth-order valence-electron chi connectivity index (χ4n) is 4.54. The second kappa shape index (κ2) is 11.8. The van der Waals surface area contributed by atoms with E-state index in [0.717, 1.165) is 6.42 Å². The zero-order valence-electron chi connectivity index (χ0n) is 22.4. The topological polar surface area (TPSA) is 84.7 Å². The molecule has 1 atom stereocenters. The maximum atomic E-state index is 15.3. The van der Waals surface area contributed by atoms with E-state index in [1.165, 1.54) is 25.3 Å². The predicted molar refractivity (Wildman–Crippen MR) is 151 cm³/mol. The van der Waals surface area contributed by atoms with Crippen molar-refractivity contribution in [1.82, 2.24) is 14.5 Å². The average Bonchev–Trinajstić information content (AvgIpc) is 3.30. The summed E-state index contributed by atoms with van der Waals surface area (Å²) in [7, 11) is 1.32. The van der Waals surface area contributed by atoms with E-state index in [2.05, 4.69) is 9.97 Å². The molecule has 0 amide bonds. The van der Waals surface area contributed by atoms with Crippen molar-refractivity contribution in [3.05, 3.63) is 101 Å². The average molecular weight is 592 g/mol. The van der Waals surface area contributed by atoms with Gasteiger partial charge in [0.1, 0.15) is 24.0 Å². The van der Waals surface area contributed by atoms with Gasteiger partial charge in [-0.05, 0) is 55.0 Å². The van der Waals surface area contributed by atoms with Crippen LogP contribution < -0.4 is 9.47 Å². The van der Waals surface area contributed by atoms with E-state index in [0.29, 0.717) is 41.0 Å². The molecule has 0 saturated carbocycles. The molecule has 0 radical (unpaired) electrons. The van der Waals surface area contributed by atoms with E-state index in [9.17, 15) is 9.18 Å². The summed E-state index contributed by atoms with van der Waals surface area (Å²) < 4.78 is 53.4. The highest BCUT2D eigenvalue weighted by Crippen LogP contribution is 2.32. The predicted octanol–water partition coefficient (Wildman–Crippen LogP) is 6.98. The Morgan fingerprint density at radius 1 is 1.05 bits per heavy atom. The Morgan fingerprint density at radius 2 is 1.90 bits per heavy atom. The van der Waals surface area contributed by atoms with Gasteiger partial charge in [0.2, 0.25) is 5.88 Å². The van der Waals surface area contributed by atoms with Gasteiger partial charge >= 0.3 is 12.0 Å². The van der Waals surface area contributed by atoms with E-state index >= 15 is 4.39 Å². The van der Waals surface area contributed by atoms with Gasteiger partial charge < -0.3 is 18.9 Å². The standard InChI is InChI=1S/C31H24ClF2N3O5/c1-39-30(38)18-6-10-27-28(13-18)37(16-22-11-12-40-22)31(36-27)42-21-8-9-23(25(34)15-21)26-3-2-4-29(35-26)41-17-19-5-7-20(32)14-24(19)33/h2-10,13-15,22H,11-12,16-17H2,1H3/t22-/m0/s1. The SMILES string of the molecule is COC(=O)c1ccc2nc(Oc3ccc(-c4cccc(OCc5ccc(Cl)cc5F)n4)c(F)c3)n(C[C@@H]3CCO3)c2c1. The van der Waals surface area contributed by atoms with E-state index in [-0.39, 0.29) is 40.9 Å². The molecule has 1 fully saturated rings. The van der Waals surface area contributed by atoms with Crippen LogP contribution >= 0.6 is 11.6 Å². The number of carbonyl (C=O) groups excluding carboxylic acids is 1. The van der Waals surface area contributed by atoms with E-state index in [1.54, 1.807) is 54.6 Å². The van der Waals surface area contributed by atoms with Crippen molar-refractivity contribution in [2.75, 3.05) is 13.7 Å². The summed E-state index contributed by atoms with van der Waals surface area (Å²) in [5.74, 6) is -1.09. The number of nitrogens with zero attached hydrogens (tertiary/aromatic N) is 3. The Morgan fingerprint density at radius 3 is 2.64 bits per heavy atom. The molecular weight excluding hydrogens is 568 g/mol. The first-order chi connectivity index (χ1) is 20.4. The number of halogens is 3. The minimum Gasteiger partial charge on any atom is -0.473 e. The molecule has 0 bridgehead atoms. The molecule has 2 aromatic heterocycles. The highest BCUT2D eigenvalue weighted by Gasteiger charge is 2.24. The number of ether oxygens (including phenoxy) is 4. The number of benzene rings is 3. The molecule has 11 heteroatoms. The molecule has 5 aromatic rings. The van der Waals surface area contributed by atoms with Crippen molar-refractivity contribution in [2.24, 2.45) is 0 Å². The van der Waals surface area contributed by atoms with Crippen LogP contribution in [0.1, 0.15) is 22.3 Å². The summed E-state index contributed by atoms with van der Waals surface area (Å²) in [4.78, 5) is 21.1. The van der Waals surface area contributed by atoms with Gasteiger partial charge in [0, 0.05) is 34.9 Å². The largest absolute Gasteiger partial charge is 0.473 e. The minimum atomic E-state index is -0.570. The van der Waals surface area contributed by atoms with Gasteiger partial charge in [-0.15, -0.1) is 0 Å². The van der Waals surface area contributed by atoms with Gasteiger partial charge in [-0.25, -0.2) is 18.6 Å². The fourth-order valence-corrected chi connectivity index (χ4v) is 4.70. The van der Waals surface area contributed by atoms with Crippen LogP contribution in [0.25, 0.3) is 22.3 Å². The number of rotatable bonds is 9. The number of imidazole rings is 1. The smallest absolute Gasteiger partial charge is 0.337 e. The molecule has 8 nitrogen and oxygen atoms in total. The first-order valence-corrected chi connectivity index (χ1v) is 13.5. The Labute approximate surface area is 244 Å². The van der Waals surface area contributed by atoms with Crippen LogP contribution in [0.5, 0.6) is 17.6 Å². The van der Waals surface area contributed by atoms with Gasteiger partial charge in [-0.1, -0.05) is 23.7 Å². The molecule has 0 spiro atoms. The van der Waals surface area contributed by atoms with Crippen LogP contribution in [-0.2, 0) is 22.6 Å². The number of methoxy groups -OCH3 is 1. The normalized spacial score (nSPS) is 14.4. The number of pyridine rings is 1. The van der Waals surface area contributed by atoms with Crippen molar-refractivity contribution < 1.29 is 32.5 Å². The van der Waals surface area contributed by atoms with Gasteiger partial charge in [-0.3, -0.25) is 4.57 Å². The molecule has 0 unspecified atom stereocenters. The second-order valence-electron chi connectivity index (χ2n) is 9.61. The third-order valence-corrected chi connectivity index (χ3v) is 7.09. The number of aromatic nitrogens is 3. The molecule has 1 saturated heterocycles. The number of esters is 1. The number of hydrogen-bond acceptors (Lipinski definition) is 7. The summed E-state index contributed by atoms with van der Waals surface area (Å²) in [6.45, 7) is 1.06. The van der Waals surface area contributed by atoms with Gasteiger partial charge in [0.05, 0.1) is 42.0 Å². The number of carbonyl (C=O) groups is 1. The lowest BCUT2D eigenvalue weighted by Crippen LogP contribution is -2.31. The number of hydrogen-bond donors (Lipinski definition) is 0. The van der Waals surface area contributed by atoms with E-state index in [4.69, 9.17) is 30.5 Å². The zero-order chi connectivity index (χ0) is 29.2. The van der Waals surface area contributed by atoms with E-state index in [1.807, 2.05) is 4.57 Å². The van der Waals surface area contributed by atoms with Gasteiger partial charge in [0.25, 0.3) is 0 Å². The maximum Gasteiger partial charge on any atom is 0.337 e. The van der Waals surface area contributed by atoms with Crippen molar-refractivity contribution >= 4 is 28.6 Å². The molecule has 0 N–H and O–H groups in total. The van der Waals surface area contributed by atoms with Crippen molar-refractivity contribution in [1.29, 1.82) is 0 Å².